The summed E-state index contributed by atoms with van der Waals surface area (Å²) in [6, 6.07) is 61.8. The van der Waals surface area contributed by atoms with Crippen molar-refractivity contribution in [1.29, 1.82) is 0 Å². The second-order valence-electron chi connectivity index (χ2n) is 13.1. The molecule has 0 N–H and O–H groups in total. The zero-order valence-corrected chi connectivity index (χ0v) is 29.0. The summed E-state index contributed by atoms with van der Waals surface area (Å²) < 4.78 is 7.70. The maximum Gasteiger partial charge on any atom is 0.0715 e. The van der Waals surface area contributed by atoms with Crippen LogP contribution in [0.4, 0.5) is 0 Å². The number of hydrogen-bond donors (Lipinski definition) is 0. The Balaban J connectivity index is 1.12. The molecule has 0 saturated carbocycles. The molecule has 0 aliphatic heterocycles. The summed E-state index contributed by atoms with van der Waals surface area (Å²) in [5.41, 5.74) is 10.0. The quantitative estimate of drug-likeness (QED) is 0.180. The first kappa shape index (κ1) is 28.7. The SMILES string of the molecule is c1ccc(-c2cc(-c3cccc(-n4c5ccccc5c5c6c(ccc54)sc4ccccc46)c3)cc(-c3ccc4sc5ccccc5c4c3)n2)cc1. The molecule has 2 nitrogen and oxygen atoms in total. The third kappa shape index (κ3) is 4.51. The van der Waals surface area contributed by atoms with E-state index < -0.39 is 0 Å². The molecule has 7 aromatic carbocycles. The highest BCUT2D eigenvalue weighted by Crippen LogP contribution is 2.44. The Kier molecular flexibility index (Phi) is 6.32. The molecule has 0 amide bonds. The van der Waals surface area contributed by atoms with E-state index in [-0.39, 0.29) is 0 Å². The molecule has 238 valence electrons. The lowest BCUT2D eigenvalue weighted by atomic mass is 9.99. The topological polar surface area (TPSA) is 17.8 Å². The molecule has 51 heavy (non-hydrogen) atoms. The fraction of sp³-hybridized carbons (Fsp3) is 0. The third-order valence-corrected chi connectivity index (χ3v) is 12.5. The van der Waals surface area contributed by atoms with Crippen LogP contribution in [-0.4, -0.2) is 9.55 Å². The maximum absolute atomic E-state index is 5.27. The molecule has 0 spiro atoms. The van der Waals surface area contributed by atoms with Crippen LogP contribution in [0.1, 0.15) is 0 Å². The van der Waals surface area contributed by atoms with Crippen LogP contribution in [-0.2, 0) is 0 Å². The van der Waals surface area contributed by atoms with E-state index in [4.69, 9.17) is 4.98 Å². The van der Waals surface area contributed by atoms with Crippen molar-refractivity contribution < 1.29 is 0 Å². The van der Waals surface area contributed by atoms with E-state index >= 15 is 0 Å². The van der Waals surface area contributed by atoms with Crippen LogP contribution in [0.2, 0.25) is 0 Å². The molecule has 4 heteroatoms. The van der Waals surface area contributed by atoms with E-state index in [1.807, 2.05) is 22.7 Å². The van der Waals surface area contributed by atoms with Gasteiger partial charge in [-0.05, 0) is 77.9 Å². The summed E-state index contributed by atoms with van der Waals surface area (Å²) in [4.78, 5) is 5.27. The van der Waals surface area contributed by atoms with Crippen LogP contribution >= 0.6 is 22.7 Å². The number of nitrogens with zero attached hydrogens (tertiary/aromatic N) is 2. The van der Waals surface area contributed by atoms with Gasteiger partial charge in [0.25, 0.3) is 0 Å². The summed E-state index contributed by atoms with van der Waals surface area (Å²) in [5.74, 6) is 0. The summed E-state index contributed by atoms with van der Waals surface area (Å²) in [5, 5.41) is 7.85. The van der Waals surface area contributed by atoms with Crippen molar-refractivity contribution in [2.75, 3.05) is 0 Å². The van der Waals surface area contributed by atoms with Crippen molar-refractivity contribution in [3.8, 4) is 39.3 Å². The Labute approximate surface area is 302 Å². The Hall–Kier alpha value is -6.07. The second-order valence-corrected chi connectivity index (χ2v) is 15.3. The van der Waals surface area contributed by atoms with Crippen molar-refractivity contribution in [1.82, 2.24) is 9.55 Å². The molecule has 0 aliphatic rings. The number of fused-ring (bicyclic) bond motifs is 10. The first-order chi connectivity index (χ1) is 25.3. The highest BCUT2D eigenvalue weighted by Gasteiger charge is 2.18. The van der Waals surface area contributed by atoms with Gasteiger partial charge in [-0.25, -0.2) is 4.98 Å². The summed E-state index contributed by atoms with van der Waals surface area (Å²) in [7, 11) is 0. The molecule has 0 fully saturated rings. The normalized spacial score (nSPS) is 11.9. The van der Waals surface area contributed by atoms with Gasteiger partial charge in [-0.2, -0.15) is 0 Å². The number of aromatic nitrogens is 2. The minimum atomic E-state index is 0.965. The van der Waals surface area contributed by atoms with Gasteiger partial charge in [-0.1, -0.05) is 103 Å². The van der Waals surface area contributed by atoms with E-state index in [1.165, 1.54) is 62.2 Å². The van der Waals surface area contributed by atoms with Crippen LogP contribution < -0.4 is 0 Å². The van der Waals surface area contributed by atoms with Crippen LogP contribution in [0.25, 0.3) is 101 Å². The van der Waals surface area contributed by atoms with Crippen molar-refractivity contribution in [3.05, 3.63) is 170 Å². The first-order valence-electron chi connectivity index (χ1n) is 17.2. The van der Waals surface area contributed by atoms with E-state index in [1.54, 1.807) is 0 Å². The second kappa shape index (κ2) is 11.2. The Morgan fingerprint density at radius 1 is 0.353 bits per heavy atom. The zero-order valence-electron chi connectivity index (χ0n) is 27.4. The van der Waals surface area contributed by atoms with Crippen LogP contribution in [0, 0.1) is 0 Å². The van der Waals surface area contributed by atoms with Gasteiger partial charge >= 0.3 is 0 Å². The summed E-state index contributed by atoms with van der Waals surface area (Å²) in [6.45, 7) is 0. The Bertz CT molecular complexity index is 3140. The molecule has 4 heterocycles. The Morgan fingerprint density at radius 2 is 1.00 bits per heavy atom. The van der Waals surface area contributed by atoms with Gasteiger partial charge in [0.2, 0.25) is 0 Å². The van der Waals surface area contributed by atoms with Gasteiger partial charge in [0.15, 0.2) is 0 Å². The summed E-state index contributed by atoms with van der Waals surface area (Å²) >= 11 is 3.72. The lowest BCUT2D eigenvalue weighted by Gasteiger charge is -2.13. The minimum absolute atomic E-state index is 0.965. The van der Waals surface area contributed by atoms with E-state index in [2.05, 4.69) is 174 Å². The molecule has 11 rings (SSSR count). The average Bonchev–Trinajstić information content (AvgIpc) is 3.87. The molecular formula is C47H28N2S2. The van der Waals surface area contributed by atoms with E-state index in [9.17, 15) is 0 Å². The predicted octanol–water partition coefficient (Wildman–Crippen LogP) is 13.9. The van der Waals surface area contributed by atoms with E-state index in [0.717, 1.165) is 39.3 Å². The van der Waals surface area contributed by atoms with Gasteiger partial charge < -0.3 is 4.57 Å². The van der Waals surface area contributed by atoms with Gasteiger partial charge in [0.1, 0.15) is 0 Å². The number of benzene rings is 7. The lowest BCUT2D eigenvalue weighted by molar-refractivity contribution is 1.18. The molecule has 0 atom stereocenters. The average molecular weight is 685 g/mol. The van der Waals surface area contributed by atoms with Crippen LogP contribution in [0.5, 0.6) is 0 Å². The van der Waals surface area contributed by atoms with Crippen molar-refractivity contribution >= 4 is 84.8 Å². The molecule has 0 bridgehead atoms. The minimum Gasteiger partial charge on any atom is -0.309 e. The fourth-order valence-electron chi connectivity index (χ4n) is 7.86. The van der Waals surface area contributed by atoms with Gasteiger partial charge in [0, 0.05) is 67.9 Å². The van der Waals surface area contributed by atoms with Gasteiger partial charge in [0.05, 0.1) is 22.4 Å². The predicted molar refractivity (Wildman–Crippen MR) is 221 cm³/mol. The number of para-hydroxylation sites is 1. The largest absolute Gasteiger partial charge is 0.309 e. The van der Waals surface area contributed by atoms with Crippen molar-refractivity contribution in [2.24, 2.45) is 0 Å². The molecule has 4 aromatic heterocycles. The standard InChI is InChI=1S/C47H28N2S2/c1-2-11-29(12-3-1)38-27-32(28-39(48-38)31-21-23-44-37(26-31)34-15-5-8-19-42(34)50-44)30-13-10-14-33(25-30)49-40-18-7-4-16-35(40)46-41(49)22-24-45-47(46)36-17-6-9-20-43(36)51-45/h1-28H. The van der Waals surface area contributed by atoms with Gasteiger partial charge in [-0.3, -0.25) is 0 Å². The smallest absolute Gasteiger partial charge is 0.0715 e. The molecular weight excluding hydrogens is 657 g/mol. The maximum atomic E-state index is 5.27. The number of pyridine rings is 1. The first-order valence-corrected chi connectivity index (χ1v) is 18.8. The van der Waals surface area contributed by atoms with Crippen molar-refractivity contribution in [2.45, 2.75) is 0 Å². The summed E-state index contributed by atoms with van der Waals surface area (Å²) in [6.07, 6.45) is 0. The van der Waals surface area contributed by atoms with Crippen LogP contribution in [0.3, 0.4) is 0 Å². The molecule has 11 aromatic rings. The third-order valence-electron chi connectivity index (χ3n) is 10.2. The zero-order chi connectivity index (χ0) is 33.5. The van der Waals surface area contributed by atoms with Crippen LogP contribution in [0.15, 0.2) is 170 Å². The number of thiophene rings is 2. The van der Waals surface area contributed by atoms with E-state index in [0.29, 0.717) is 0 Å². The Morgan fingerprint density at radius 3 is 1.86 bits per heavy atom. The fourth-order valence-corrected chi connectivity index (χ4v) is 10.1. The molecule has 0 unspecified atom stereocenters. The van der Waals surface area contributed by atoms with Crippen molar-refractivity contribution in [3.63, 3.8) is 0 Å². The molecule has 0 radical (unpaired) electrons. The molecule has 0 aliphatic carbocycles. The monoisotopic (exact) mass is 684 g/mol. The highest BCUT2D eigenvalue weighted by atomic mass is 32.1. The lowest BCUT2D eigenvalue weighted by Crippen LogP contribution is -1.95. The molecule has 0 saturated heterocycles. The number of rotatable bonds is 4. The number of hydrogen-bond acceptors (Lipinski definition) is 3. The highest BCUT2D eigenvalue weighted by molar-refractivity contribution is 7.26. The van der Waals surface area contributed by atoms with Gasteiger partial charge in [-0.15, -0.1) is 22.7 Å².